The summed E-state index contributed by atoms with van der Waals surface area (Å²) >= 11 is 0. The molecule has 132 valence electrons. The molecule has 1 heterocycles. The summed E-state index contributed by atoms with van der Waals surface area (Å²) in [6, 6.07) is 14.5. The van der Waals surface area contributed by atoms with Gasteiger partial charge in [0.05, 0.1) is 0 Å². The van der Waals surface area contributed by atoms with Crippen LogP contribution in [-0.4, -0.2) is 43.6 Å². The number of ether oxygens (including phenoxy) is 1. The van der Waals surface area contributed by atoms with Gasteiger partial charge in [0.15, 0.2) is 6.61 Å². The third-order valence-corrected chi connectivity index (χ3v) is 4.78. The third kappa shape index (κ3) is 4.13. The molecule has 0 aliphatic carbocycles. The van der Waals surface area contributed by atoms with Gasteiger partial charge in [-0.2, -0.15) is 0 Å². The molecule has 1 amide bonds. The van der Waals surface area contributed by atoms with E-state index in [-0.39, 0.29) is 12.5 Å². The van der Waals surface area contributed by atoms with Crippen molar-refractivity contribution in [3.63, 3.8) is 0 Å². The van der Waals surface area contributed by atoms with Gasteiger partial charge in [-0.1, -0.05) is 30.3 Å². The van der Waals surface area contributed by atoms with Crippen LogP contribution in [0.2, 0.25) is 0 Å². The van der Waals surface area contributed by atoms with E-state index in [1.165, 1.54) is 11.3 Å². The fourth-order valence-corrected chi connectivity index (χ4v) is 3.21. The lowest BCUT2D eigenvalue weighted by atomic mass is 10.1. The first-order chi connectivity index (χ1) is 12.0. The number of para-hydroxylation sites is 1. The summed E-state index contributed by atoms with van der Waals surface area (Å²) in [6.45, 7) is 9.46. The van der Waals surface area contributed by atoms with E-state index >= 15 is 0 Å². The summed E-state index contributed by atoms with van der Waals surface area (Å²) in [5.74, 6) is 0.859. The standard InChI is InChI=1S/C21H26N2O2/c1-16-8-9-18(3)20(14-16)25-15-21(24)23-12-10-22(11-13-23)19-7-5-4-6-17(19)2/h4-9,14H,10-13,15H2,1-3H3. The molecule has 25 heavy (non-hydrogen) atoms. The monoisotopic (exact) mass is 338 g/mol. The Bertz CT molecular complexity index is 749. The van der Waals surface area contributed by atoms with E-state index < -0.39 is 0 Å². The van der Waals surface area contributed by atoms with Crippen LogP contribution in [0.5, 0.6) is 5.75 Å². The lowest BCUT2D eigenvalue weighted by Crippen LogP contribution is -2.50. The molecule has 0 unspecified atom stereocenters. The SMILES string of the molecule is Cc1ccc(C)c(OCC(=O)N2CCN(c3ccccc3C)CC2)c1. The zero-order valence-corrected chi connectivity index (χ0v) is 15.3. The largest absolute Gasteiger partial charge is 0.483 e. The van der Waals surface area contributed by atoms with Gasteiger partial charge in [0, 0.05) is 31.9 Å². The van der Waals surface area contributed by atoms with Gasteiger partial charge in [0.2, 0.25) is 0 Å². The maximum absolute atomic E-state index is 12.5. The molecule has 0 N–H and O–H groups in total. The van der Waals surface area contributed by atoms with Gasteiger partial charge in [-0.05, 0) is 49.6 Å². The normalized spacial score (nSPS) is 14.5. The van der Waals surface area contributed by atoms with E-state index in [4.69, 9.17) is 4.74 Å². The van der Waals surface area contributed by atoms with Gasteiger partial charge in [0.1, 0.15) is 5.75 Å². The molecule has 1 fully saturated rings. The smallest absolute Gasteiger partial charge is 0.260 e. The second-order valence-corrected chi connectivity index (χ2v) is 6.71. The maximum Gasteiger partial charge on any atom is 0.260 e. The highest BCUT2D eigenvalue weighted by Gasteiger charge is 2.22. The molecule has 2 aromatic carbocycles. The Morgan fingerprint density at radius 1 is 0.960 bits per heavy atom. The second kappa shape index (κ2) is 7.60. The number of carbonyl (C=O) groups is 1. The number of rotatable bonds is 4. The fourth-order valence-electron chi connectivity index (χ4n) is 3.21. The Kier molecular flexibility index (Phi) is 5.27. The zero-order valence-electron chi connectivity index (χ0n) is 15.3. The van der Waals surface area contributed by atoms with Crippen LogP contribution < -0.4 is 9.64 Å². The van der Waals surface area contributed by atoms with E-state index in [0.717, 1.165) is 43.1 Å². The van der Waals surface area contributed by atoms with Crippen molar-refractivity contribution in [2.45, 2.75) is 20.8 Å². The Hall–Kier alpha value is -2.49. The highest BCUT2D eigenvalue weighted by Crippen LogP contribution is 2.21. The lowest BCUT2D eigenvalue weighted by Gasteiger charge is -2.36. The van der Waals surface area contributed by atoms with E-state index in [9.17, 15) is 4.79 Å². The minimum Gasteiger partial charge on any atom is -0.483 e. The van der Waals surface area contributed by atoms with Gasteiger partial charge in [-0.3, -0.25) is 4.79 Å². The maximum atomic E-state index is 12.5. The highest BCUT2D eigenvalue weighted by molar-refractivity contribution is 5.78. The van der Waals surface area contributed by atoms with Crippen LogP contribution in [0.15, 0.2) is 42.5 Å². The van der Waals surface area contributed by atoms with Crippen LogP contribution in [0.4, 0.5) is 5.69 Å². The number of aryl methyl sites for hydroxylation is 3. The van der Waals surface area contributed by atoms with Gasteiger partial charge in [-0.15, -0.1) is 0 Å². The molecule has 4 nitrogen and oxygen atoms in total. The van der Waals surface area contributed by atoms with E-state index in [0.29, 0.717) is 0 Å². The molecule has 0 aromatic heterocycles. The number of amides is 1. The van der Waals surface area contributed by atoms with E-state index in [1.54, 1.807) is 0 Å². The Morgan fingerprint density at radius 2 is 1.68 bits per heavy atom. The summed E-state index contributed by atoms with van der Waals surface area (Å²) in [6.07, 6.45) is 0. The molecule has 1 saturated heterocycles. The van der Waals surface area contributed by atoms with E-state index in [1.807, 2.05) is 30.9 Å². The minimum atomic E-state index is 0.0605. The molecule has 0 spiro atoms. The molecular formula is C21H26N2O2. The number of piperazine rings is 1. The third-order valence-electron chi connectivity index (χ3n) is 4.78. The molecule has 1 aliphatic heterocycles. The summed E-state index contributed by atoms with van der Waals surface area (Å²) < 4.78 is 5.76. The van der Waals surface area contributed by atoms with Crippen molar-refractivity contribution in [2.75, 3.05) is 37.7 Å². The van der Waals surface area contributed by atoms with Crippen molar-refractivity contribution >= 4 is 11.6 Å². The molecule has 3 rings (SSSR count). The Balaban J connectivity index is 1.53. The number of anilines is 1. The number of benzene rings is 2. The van der Waals surface area contributed by atoms with E-state index in [2.05, 4.69) is 42.2 Å². The molecule has 0 atom stereocenters. The first-order valence-electron chi connectivity index (χ1n) is 8.83. The minimum absolute atomic E-state index is 0.0605. The first-order valence-corrected chi connectivity index (χ1v) is 8.83. The molecule has 1 aliphatic rings. The summed E-state index contributed by atoms with van der Waals surface area (Å²) in [4.78, 5) is 16.7. The van der Waals surface area contributed by atoms with Crippen LogP contribution in [0.1, 0.15) is 16.7 Å². The summed E-state index contributed by atoms with van der Waals surface area (Å²) in [5, 5.41) is 0. The van der Waals surface area contributed by atoms with Crippen molar-refractivity contribution in [3.05, 3.63) is 59.2 Å². The predicted octanol–water partition coefficient (Wildman–Crippen LogP) is 3.34. The van der Waals surface area contributed by atoms with Gasteiger partial charge in [-0.25, -0.2) is 0 Å². The van der Waals surface area contributed by atoms with Crippen molar-refractivity contribution in [1.82, 2.24) is 4.90 Å². The molecule has 0 bridgehead atoms. The van der Waals surface area contributed by atoms with Crippen LogP contribution in [0.3, 0.4) is 0 Å². The molecule has 0 radical (unpaired) electrons. The van der Waals surface area contributed by atoms with Gasteiger partial charge < -0.3 is 14.5 Å². The average molecular weight is 338 g/mol. The number of nitrogens with zero attached hydrogens (tertiary/aromatic N) is 2. The summed E-state index contributed by atoms with van der Waals surface area (Å²) in [5.41, 5.74) is 4.74. The average Bonchev–Trinajstić information content (AvgIpc) is 2.63. The zero-order chi connectivity index (χ0) is 17.8. The quantitative estimate of drug-likeness (QED) is 0.857. The lowest BCUT2D eigenvalue weighted by molar-refractivity contribution is -0.133. The predicted molar refractivity (Wildman–Crippen MR) is 101 cm³/mol. The van der Waals surface area contributed by atoms with Crippen LogP contribution in [0.25, 0.3) is 0 Å². The Labute approximate surface area is 150 Å². The molecular weight excluding hydrogens is 312 g/mol. The van der Waals surface area contributed by atoms with Crippen molar-refractivity contribution in [3.8, 4) is 5.75 Å². The topological polar surface area (TPSA) is 32.8 Å². The van der Waals surface area contributed by atoms with Crippen LogP contribution >= 0.6 is 0 Å². The highest BCUT2D eigenvalue weighted by atomic mass is 16.5. The molecule has 0 saturated carbocycles. The van der Waals surface area contributed by atoms with Gasteiger partial charge in [0.25, 0.3) is 5.91 Å². The van der Waals surface area contributed by atoms with Crippen LogP contribution in [0, 0.1) is 20.8 Å². The number of carbonyl (C=O) groups excluding carboxylic acids is 1. The second-order valence-electron chi connectivity index (χ2n) is 6.71. The van der Waals surface area contributed by atoms with Crippen LogP contribution in [-0.2, 0) is 4.79 Å². The molecule has 4 heteroatoms. The van der Waals surface area contributed by atoms with Crippen molar-refractivity contribution < 1.29 is 9.53 Å². The Morgan fingerprint density at radius 3 is 2.40 bits per heavy atom. The molecule has 2 aromatic rings. The van der Waals surface area contributed by atoms with Crippen molar-refractivity contribution in [1.29, 1.82) is 0 Å². The fraction of sp³-hybridized carbons (Fsp3) is 0.381. The summed E-state index contributed by atoms with van der Waals surface area (Å²) in [7, 11) is 0. The number of hydrogen-bond donors (Lipinski definition) is 0. The first kappa shape index (κ1) is 17.3. The van der Waals surface area contributed by atoms with Crippen molar-refractivity contribution in [2.24, 2.45) is 0 Å². The van der Waals surface area contributed by atoms with Gasteiger partial charge >= 0.3 is 0 Å². The number of hydrogen-bond acceptors (Lipinski definition) is 3.